The van der Waals surface area contributed by atoms with E-state index in [0.29, 0.717) is 37.6 Å². The van der Waals surface area contributed by atoms with Gasteiger partial charge >= 0.3 is 0 Å². The summed E-state index contributed by atoms with van der Waals surface area (Å²) in [4.78, 5) is 23.5. The molecule has 0 radical (unpaired) electrons. The second kappa shape index (κ2) is 8.31. The monoisotopic (exact) mass is 481 g/mol. The van der Waals surface area contributed by atoms with Gasteiger partial charge in [-0.3, -0.25) is 10.1 Å². The van der Waals surface area contributed by atoms with Crippen molar-refractivity contribution >= 4 is 34.1 Å². The number of oxime groups is 1. The van der Waals surface area contributed by atoms with Gasteiger partial charge in [-0.15, -0.1) is 5.90 Å². The fourth-order valence-corrected chi connectivity index (χ4v) is 4.12. The summed E-state index contributed by atoms with van der Waals surface area (Å²) in [5.41, 5.74) is 1.50. The highest BCUT2D eigenvalue weighted by molar-refractivity contribution is 14.1. The Labute approximate surface area is 168 Å². The fraction of sp³-hybridized carbons (Fsp3) is 0.312. The zero-order valence-corrected chi connectivity index (χ0v) is 16.3. The van der Waals surface area contributed by atoms with E-state index in [1.165, 1.54) is 6.08 Å². The van der Waals surface area contributed by atoms with Gasteiger partial charge in [0.2, 0.25) is 0 Å². The molecular weight excluding hydrogens is 465 g/mol. The minimum atomic E-state index is -0.501. The van der Waals surface area contributed by atoms with Crippen molar-refractivity contribution < 1.29 is 9.86 Å². The molecule has 0 spiro atoms. The lowest BCUT2D eigenvalue weighted by Crippen LogP contribution is -2.48. The van der Waals surface area contributed by atoms with Crippen LogP contribution in [0.1, 0.15) is 5.56 Å². The van der Waals surface area contributed by atoms with Crippen molar-refractivity contribution in [3.05, 3.63) is 57.6 Å². The van der Waals surface area contributed by atoms with Gasteiger partial charge in [0.15, 0.2) is 5.71 Å². The largest absolute Gasteiger partial charge is 0.370 e. The third-order valence-corrected chi connectivity index (χ3v) is 5.60. The first kappa shape index (κ1) is 19.1. The van der Waals surface area contributed by atoms with E-state index >= 15 is 0 Å². The van der Waals surface area contributed by atoms with Crippen molar-refractivity contribution in [2.75, 3.05) is 31.1 Å². The Kier molecular flexibility index (Phi) is 5.87. The number of hydrogen-bond acceptors (Lipinski definition) is 9. The number of anilines is 1. The minimum Gasteiger partial charge on any atom is -0.370 e. The molecule has 1 fully saturated rings. The van der Waals surface area contributed by atoms with Crippen LogP contribution in [0.2, 0.25) is 0 Å². The molecule has 0 bridgehead atoms. The Hall–Kier alpha value is -2.72. The van der Waals surface area contributed by atoms with Crippen LogP contribution in [-0.2, 0) is 4.94 Å². The maximum Gasteiger partial charge on any atom is 0.295 e. The van der Waals surface area contributed by atoms with Crippen LogP contribution < -0.4 is 10.8 Å². The Balaban J connectivity index is 1.77. The van der Waals surface area contributed by atoms with Crippen LogP contribution in [0.5, 0.6) is 0 Å². The summed E-state index contributed by atoms with van der Waals surface area (Å²) >= 11 is 2.09. The molecule has 2 aliphatic rings. The number of rotatable bonds is 4. The van der Waals surface area contributed by atoms with Crippen molar-refractivity contribution in [1.29, 1.82) is 5.26 Å². The fourth-order valence-electron chi connectivity index (χ4n) is 3.09. The summed E-state index contributed by atoms with van der Waals surface area (Å²) in [6, 6.07) is 5.66. The molecule has 3 rings (SSSR count). The molecule has 1 atom stereocenters. The molecule has 1 aliphatic carbocycles. The molecule has 27 heavy (non-hydrogen) atoms. The Morgan fingerprint density at radius 2 is 2.07 bits per heavy atom. The van der Waals surface area contributed by atoms with Crippen LogP contribution in [-0.4, -0.2) is 50.6 Å². The number of nitrogens with two attached hydrogens (primary N) is 1. The lowest BCUT2D eigenvalue weighted by molar-refractivity contribution is -0.415. The van der Waals surface area contributed by atoms with Gasteiger partial charge < -0.3 is 14.7 Å². The van der Waals surface area contributed by atoms with E-state index in [-0.39, 0.29) is 15.3 Å². The zero-order chi connectivity index (χ0) is 19.4. The average molecular weight is 481 g/mol. The number of halogens is 1. The lowest BCUT2D eigenvalue weighted by atomic mass is 10.0. The highest BCUT2D eigenvalue weighted by Gasteiger charge is 2.35. The van der Waals surface area contributed by atoms with Crippen LogP contribution in [0, 0.1) is 21.4 Å². The first-order valence-corrected chi connectivity index (χ1v) is 9.31. The Bertz CT molecular complexity index is 869. The second-order valence-electron chi connectivity index (χ2n) is 5.81. The molecule has 2 heterocycles. The number of piperazine rings is 1. The standard InChI is InChI=1S/C16H16IN7O3/c17-14-12(3-4-13(24(25)26)15(14)21-27-19)22-6-8-23(9-7-22)16-11(10-18)2-1-5-20-16/h1-5,14H,6-9,19H2/b21-15-. The van der Waals surface area contributed by atoms with E-state index in [0.717, 1.165) is 5.70 Å². The first-order valence-electron chi connectivity index (χ1n) is 8.06. The predicted molar refractivity (Wildman–Crippen MR) is 106 cm³/mol. The highest BCUT2D eigenvalue weighted by atomic mass is 127. The Morgan fingerprint density at radius 3 is 2.70 bits per heavy atom. The van der Waals surface area contributed by atoms with Crippen molar-refractivity contribution in [3.63, 3.8) is 0 Å². The summed E-state index contributed by atoms with van der Waals surface area (Å²) in [5, 5.41) is 24.1. The van der Waals surface area contributed by atoms with Gasteiger partial charge in [-0.05, 0) is 18.2 Å². The summed E-state index contributed by atoms with van der Waals surface area (Å²) in [7, 11) is 0. The van der Waals surface area contributed by atoms with Gasteiger partial charge in [0.25, 0.3) is 5.70 Å². The molecule has 0 amide bonds. The SMILES string of the molecule is N#Cc1cccnc1N1CCN(C2=CC=C([N+](=O)[O-])/C(=N/ON)C2I)CC1. The molecule has 1 aromatic rings. The summed E-state index contributed by atoms with van der Waals surface area (Å²) < 4.78 is -0.354. The molecule has 1 aliphatic heterocycles. The van der Waals surface area contributed by atoms with Gasteiger partial charge in [0, 0.05) is 44.1 Å². The number of pyridine rings is 1. The number of nitro groups is 1. The number of alkyl halides is 1. The molecule has 11 heteroatoms. The van der Waals surface area contributed by atoms with Crippen molar-refractivity contribution in [3.8, 4) is 6.07 Å². The van der Waals surface area contributed by atoms with Gasteiger partial charge in [0.05, 0.1) is 10.5 Å². The molecule has 140 valence electrons. The zero-order valence-electron chi connectivity index (χ0n) is 14.2. The van der Waals surface area contributed by atoms with Gasteiger partial charge in [-0.25, -0.2) is 4.98 Å². The van der Waals surface area contributed by atoms with Gasteiger partial charge in [-0.1, -0.05) is 27.7 Å². The predicted octanol–water partition coefficient (Wildman–Crippen LogP) is 1.18. The maximum atomic E-state index is 11.2. The maximum absolute atomic E-state index is 11.2. The van der Waals surface area contributed by atoms with Gasteiger partial charge in [0.1, 0.15) is 15.8 Å². The van der Waals surface area contributed by atoms with Gasteiger partial charge in [-0.2, -0.15) is 5.26 Å². The van der Waals surface area contributed by atoms with E-state index in [1.807, 2.05) is 0 Å². The number of nitriles is 1. The summed E-state index contributed by atoms with van der Waals surface area (Å²) in [6.07, 6.45) is 4.83. The van der Waals surface area contributed by atoms with E-state index < -0.39 is 4.92 Å². The van der Waals surface area contributed by atoms with Crippen molar-refractivity contribution in [1.82, 2.24) is 9.88 Å². The van der Waals surface area contributed by atoms with Crippen LogP contribution in [0.15, 0.2) is 47.0 Å². The van der Waals surface area contributed by atoms with E-state index in [1.54, 1.807) is 24.4 Å². The van der Waals surface area contributed by atoms with Crippen LogP contribution in [0.3, 0.4) is 0 Å². The Morgan fingerprint density at radius 1 is 1.37 bits per heavy atom. The van der Waals surface area contributed by atoms with Crippen LogP contribution >= 0.6 is 22.6 Å². The van der Waals surface area contributed by atoms with E-state index in [2.05, 4.69) is 53.5 Å². The average Bonchev–Trinajstić information content (AvgIpc) is 2.69. The molecular formula is C16H16IN7O3. The van der Waals surface area contributed by atoms with E-state index in [9.17, 15) is 15.4 Å². The molecule has 0 saturated carbocycles. The molecule has 1 unspecified atom stereocenters. The van der Waals surface area contributed by atoms with Crippen LogP contribution in [0.4, 0.5) is 5.82 Å². The second-order valence-corrected chi connectivity index (χ2v) is 7.05. The normalized spacial score (nSPS) is 21.4. The van der Waals surface area contributed by atoms with Crippen molar-refractivity contribution in [2.45, 2.75) is 3.92 Å². The first-order chi connectivity index (χ1) is 13.1. The number of nitrogens with zero attached hydrogens (tertiary/aromatic N) is 6. The smallest absolute Gasteiger partial charge is 0.295 e. The number of hydrogen-bond donors (Lipinski definition) is 1. The van der Waals surface area contributed by atoms with E-state index in [4.69, 9.17) is 5.90 Å². The minimum absolute atomic E-state index is 0.130. The quantitative estimate of drug-likeness (QED) is 0.293. The topological polar surface area (TPSA) is 134 Å². The molecule has 0 aromatic carbocycles. The van der Waals surface area contributed by atoms with Crippen molar-refractivity contribution in [2.24, 2.45) is 11.1 Å². The lowest BCUT2D eigenvalue weighted by Gasteiger charge is -2.39. The molecule has 1 saturated heterocycles. The third kappa shape index (κ3) is 3.86. The third-order valence-electron chi connectivity index (χ3n) is 4.37. The number of aromatic nitrogens is 1. The molecule has 10 nitrogen and oxygen atoms in total. The molecule has 2 N–H and O–H groups in total. The van der Waals surface area contributed by atoms with Crippen LogP contribution in [0.25, 0.3) is 0 Å². The molecule has 1 aromatic heterocycles. The summed E-state index contributed by atoms with van der Waals surface area (Å²) in [5.74, 6) is 5.68. The summed E-state index contributed by atoms with van der Waals surface area (Å²) in [6.45, 7) is 2.73. The highest BCUT2D eigenvalue weighted by Crippen LogP contribution is 2.29. The number of allylic oxidation sites excluding steroid dienone is 4.